The Labute approximate surface area is 97.0 Å². The lowest BCUT2D eigenvalue weighted by Crippen LogP contribution is -2.01. The van der Waals surface area contributed by atoms with Crippen molar-refractivity contribution in [2.75, 3.05) is 6.54 Å². The number of rotatable bonds is 3. The van der Waals surface area contributed by atoms with Gasteiger partial charge < -0.3 is 5.73 Å². The van der Waals surface area contributed by atoms with E-state index in [2.05, 4.69) is 20.9 Å². The standard InChI is InChI=1S/C10H15BrN2S/c11-9-8(5-6-12)14-10(13-9)7-3-1-2-4-7/h7H,1-6,12H2. The van der Waals surface area contributed by atoms with E-state index < -0.39 is 0 Å². The van der Waals surface area contributed by atoms with Gasteiger partial charge in [-0.25, -0.2) is 4.98 Å². The first-order chi connectivity index (χ1) is 6.81. The van der Waals surface area contributed by atoms with Crippen LogP contribution < -0.4 is 5.73 Å². The fourth-order valence-electron chi connectivity index (χ4n) is 1.98. The average molecular weight is 275 g/mol. The first-order valence-corrected chi connectivity index (χ1v) is 6.77. The second kappa shape index (κ2) is 4.73. The molecule has 4 heteroatoms. The number of thiazole rings is 1. The van der Waals surface area contributed by atoms with E-state index in [4.69, 9.17) is 5.73 Å². The van der Waals surface area contributed by atoms with Gasteiger partial charge in [-0.3, -0.25) is 0 Å². The van der Waals surface area contributed by atoms with Crippen LogP contribution in [-0.2, 0) is 6.42 Å². The fourth-order valence-corrected chi connectivity index (χ4v) is 3.87. The summed E-state index contributed by atoms with van der Waals surface area (Å²) in [5.74, 6) is 0.725. The van der Waals surface area contributed by atoms with E-state index in [1.807, 2.05) is 11.3 Å². The lowest BCUT2D eigenvalue weighted by atomic mass is 10.1. The van der Waals surface area contributed by atoms with E-state index in [1.165, 1.54) is 35.6 Å². The van der Waals surface area contributed by atoms with Gasteiger partial charge in [-0.2, -0.15) is 0 Å². The maximum Gasteiger partial charge on any atom is 0.120 e. The van der Waals surface area contributed by atoms with Crippen molar-refractivity contribution in [3.05, 3.63) is 14.5 Å². The van der Waals surface area contributed by atoms with Gasteiger partial charge in [0, 0.05) is 10.8 Å². The lowest BCUT2D eigenvalue weighted by molar-refractivity contribution is 0.715. The van der Waals surface area contributed by atoms with Gasteiger partial charge in [0.15, 0.2) is 0 Å². The average Bonchev–Trinajstić information content (AvgIpc) is 2.76. The summed E-state index contributed by atoms with van der Waals surface area (Å²) in [6.45, 7) is 0.713. The normalized spacial score (nSPS) is 17.9. The molecule has 2 N–H and O–H groups in total. The van der Waals surface area contributed by atoms with Crippen molar-refractivity contribution in [1.82, 2.24) is 4.98 Å². The van der Waals surface area contributed by atoms with Crippen molar-refractivity contribution in [2.45, 2.75) is 38.0 Å². The largest absolute Gasteiger partial charge is 0.330 e. The van der Waals surface area contributed by atoms with Crippen LogP contribution in [0.25, 0.3) is 0 Å². The summed E-state index contributed by atoms with van der Waals surface area (Å²) in [5, 5.41) is 1.32. The minimum Gasteiger partial charge on any atom is -0.330 e. The Hall–Kier alpha value is 0.0700. The van der Waals surface area contributed by atoms with Crippen LogP contribution in [0, 0.1) is 0 Å². The number of halogens is 1. The summed E-state index contributed by atoms with van der Waals surface area (Å²) in [5.41, 5.74) is 5.55. The number of nitrogens with zero attached hydrogens (tertiary/aromatic N) is 1. The maximum absolute atomic E-state index is 5.55. The fraction of sp³-hybridized carbons (Fsp3) is 0.700. The van der Waals surface area contributed by atoms with Gasteiger partial charge in [-0.1, -0.05) is 12.8 Å². The van der Waals surface area contributed by atoms with Gasteiger partial charge in [0.2, 0.25) is 0 Å². The van der Waals surface area contributed by atoms with Crippen molar-refractivity contribution < 1.29 is 0 Å². The molecule has 14 heavy (non-hydrogen) atoms. The minimum absolute atomic E-state index is 0.713. The van der Waals surface area contributed by atoms with E-state index >= 15 is 0 Å². The molecular weight excluding hydrogens is 260 g/mol. The number of hydrogen-bond donors (Lipinski definition) is 1. The number of nitrogens with two attached hydrogens (primary N) is 1. The third kappa shape index (κ3) is 2.18. The molecular formula is C10H15BrN2S. The summed E-state index contributed by atoms with van der Waals surface area (Å²) in [7, 11) is 0. The van der Waals surface area contributed by atoms with Crippen molar-refractivity contribution in [3.63, 3.8) is 0 Å². The Kier molecular flexibility index (Phi) is 3.57. The number of hydrogen-bond acceptors (Lipinski definition) is 3. The summed E-state index contributed by atoms with van der Waals surface area (Å²) in [6, 6.07) is 0. The van der Waals surface area contributed by atoms with Crippen LogP contribution in [0.5, 0.6) is 0 Å². The highest BCUT2D eigenvalue weighted by Gasteiger charge is 2.21. The van der Waals surface area contributed by atoms with Gasteiger partial charge in [-0.15, -0.1) is 11.3 Å². The SMILES string of the molecule is NCCc1sc(C2CCCC2)nc1Br. The van der Waals surface area contributed by atoms with Crippen LogP contribution >= 0.6 is 27.3 Å². The van der Waals surface area contributed by atoms with Crippen LogP contribution in [0.15, 0.2) is 4.60 Å². The summed E-state index contributed by atoms with van der Waals surface area (Å²) in [4.78, 5) is 5.91. The number of aromatic nitrogens is 1. The Bertz CT molecular complexity index is 305. The minimum atomic E-state index is 0.713. The van der Waals surface area contributed by atoms with Crippen LogP contribution in [0.3, 0.4) is 0 Å². The first kappa shape index (κ1) is 10.6. The Morgan fingerprint density at radius 2 is 2.14 bits per heavy atom. The van der Waals surface area contributed by atoms with Crippen molar-refractivity contribution >= 4 is 27.3 Å². The van der Waals surface area contributed by atoms with E-state index in [1.54, 1.807) is 0 Å². The predicted octanol–water partition coefficient (Wildman–Crippen LogP) is 3.06. The van der Waals surface area contributed by atoms with Crippen LogP contribution in [0.1, 0.15) is 41.5 Å². The maximum atomic E-state index is 5.55. The zero-order chi connectivity index (χ0) is 9.97. The van der Waals surface area contributed by atoms with Gasteiger partial charge in [-0.05, 0) is 41.7 Å². The third-order valence-corrected chi connectivity index (χ3v) is 4.94. The highest BCUT2D eigenvalue weighted by atomic mass is 79.9. The second-order valence-electron chi connectivity index (χ2n) is 3.79. The second-order valence-corrected chi connectivity index (χ2v) is 5.65. The molecule has 1 saturated carbocycles. The van der Waals surface area contributed by atoms with Crippen LogP contribution in [0.4, 0.5) is 0 Å². The molecule has 1 heterocycles. The first-order valence-electron chi connectivity index (χ1n) is 5.16. The molecule has 1 aromatic heterocycles. The molecule has 0 amide bonds. The monoisotopic (exact) mass is 274 g/mol. The summed E-state index contributed by atoms with van der Waals surface area (Å²) < 4.78 is 1.02. The molecule has 0 radical (unpaired) electrons. The molecule has 0 unspecified atom stereocenters. The van der Waals surface area contributed by atoms with Crippen LogP contribution in [0.2, 0.25) is 0 Å². The summed E-state index contributed by atoms with van der Waals surface area (Å²) in [6.07, 6.45) is 6.33. The molecule has 1 aliphatic rings. The Morgan fingerprint density at radius 1 is 1.43 bits per heavy atom. The Morgan fingerprint density at radius 3 is 2.79 bits per heavy atom. The van der Waals surface area contributed by atoms with Gasteiger partial charge >= 0.3 is 0 Å². The highest BCUT2D eigenvalue weighted by Crippen LogP contribution is 2.38. The van der Waals surface area contributed by atoms with E-state index in [0.717, 1.165) is 16.9 Å². The third-order valence-electron chi connectivity index (χ3n) is 2.74. The molecule has 0 bridgehead atoms. The van der Waals surface area contributed by atoms with Crippen molar-refractivity contribution in [2.24, 2.45) is 5.73 Å². The molecule has 78 valence electrons. The molecule has 0 saturated heterocycles. The molecule has 1 fully saturated rings. The quantitative estimate of drug-likeness (QED) is 0.920. The Balaban J connectivity index is 2.14. The van der Waals surface area contributed by atoms with Gasteiger partial charge in [0.25, 0.3) is 0 Å². The van der Waals surface area contributed by atoms with Crippen LogP contribution in [-0.4, -0.2) is 11.5 Å². The zero-order valence-electron chi connectivity index (χ0n) is 8.13. The van der Waals surface area contributed by atoms with E-state index in [-0.39, 0.29) is 0 Å². The molecule has 2 rings (SSSR count). The van der Waals surface area contributed by atoms with Crippen molar-refractivity contribution in [3.8, 4) is 0 Å². The molecule has 0 aromatic carbocycles. The molecule has 1 aliphatic carbocycles. The molecule has 0 spiro atoms. The smallest absolute Gasteiger partial charge is 0.120 e. The lowest BCUT2D eigenvalue weighted by Gasteiger charge is -2.01. The van der Waals surface area contributed by atoms with E-state index in [0.29, 0.717) is 6.54 Å². The molecule has 2 nitrogen and oxygen atoms in total. The predicted molar refractivity (Wildman–Crippen MR) is 63.8 cm³/mol. The van der Waals surface area contributed by atoms with Gasteiger partial charge in [0.05, 0.1) is 5.01 Å². The molecule has 0 aliphatic heterocycles. The summed E-state index contributed by atoms with van der Waals surface area (Å²) >= 11 is 5.35. The topological polar surface area (TPSA) is 38.9 Å². The molecule has 0 atom stereocenters. The highest BCUT2D eigenvalue weighted by molar-refractivity contribution is 9.10. The zero-order valence-corrected chi connectivity index (χ0v) is 10.5. The molecule has 1 aromatic rings. The van der Waals surface area contributed by atoms with Gasteiger partial charge in [0.1, 0.15) is 4.60 Å². The van der Waals surface area contributed by atoms with E-state index in [9.17, 15) is 0 Å². The van der Waals surface area contributed by atoms with Crippen molar-refractivity contribution in [1.29, 1.82) is 0 Å².